The van der Waals surface area contributed by atoms with Crippen LogP contribution in [0.25, 0.3) is 0 Å². The molecule has 140 valence electrons. The second kappa shape index (κ2) is 7.91. The number of carbonyl (C=O) groups is 3. The van der Waals surface area contributed by atoms with Crippen molar-refractivity contribution < 1.29 is 14.4 Å². The lowest BCUT2D eigenvalue weighted by molar-refractivity contribution is -0.118. The van der Waals surface area contributed by atoms with Gasteiger partial charge >= 0.3 is 0 Å². The number of imide groups is 1. The van der Waals surface area contributed by atoms with Gasteiger partial charge in [-0.1, -0.05) is 65.6 Å². The molecule has 28 heavy (non-hydrogen) atoms. The average molecular weight is 410 g/mol. The van der Waals surface area contributed by atoms with E-state index < -0.39 is 11.8 Å². The summed E-state index contributed by atoms with van der Waals surface area (Å²) in [5.41, 5.74) is 1.74. The van der Waals surface area contributed by atoms with E-state index in [1.807, 2.05) is 30.3 Å². The topological polar surface area (TPSA) is 92.3 Å². The van der Waals surface area contributed by atoms with E-state index in [1.54, 1.807) is 24.3 Å². The number of amides is 3. The van der Waals surface area contributed by atoms with E-state index in [2.05, 4.69) is 15.5 Å². The predicted molar refractivity (Wildman–Crippen MR) is 107 cm³/mol. The molecular formula is C19H14N4O3S2. The maximum Gasteiger partial charge on any atom is 0.268 e. The molecular weight excluding hydrogens is 396 g/mol. The molecule has 0 bridgehead atoms. The zero-order valence-corrected chi connectivity index (χ0v) is 16.1. The van der Waals surface area contributed by atoms with Crippen LogP contribution in [-0.4, -0.2) is 33.7 Å². The van der Waals surface area contributed by atoms with E-state index in [0.29, 0.717) is 22.0 Å². The van der Waals surface area contributed by atoms with Crippen LogP contribution in [0.3, 0.4) is 0 Å². The number of anilines is 1. The molecule has 0 saturated heterocycles. The summed E-state index contributed by atoms with van der Waals surface area (Å²) in [5.74, 6) is -0.780. The first-order chi connectivity index (χ1) is 13.6. The molecule has 1 aromatic heterocycles. The summed E-state index contributed by atoms with van der Waals surface area (Å²) < 4.78 is 0.515. The summed E-state index contributed by atoms with van der Waals surface area (Å²) in [6.45, 7) is 0.455. The minimum Gasteiger partial charge on any atom is -0.351 e. The van der Waals surface area contributed by atoms with Crippen LogP contribution in [0.15, 0.2) is 58.9 Å². The number of thioether (sulfide) groups is 1. The lowest BCUT2D eigenvalue weighted by Crippen LogP contribution is -2.29. The van der Waals surface area contributed by atoms with Crippen molar-refractivity contribution in [2.24, 2.45) is 0 Å². The highest BCUT2D eigenvalue weighted by Crippen LogP contribution is 2.33. The molecule has 9 heteroatoms. The molecule has 0 fully saturated rings. The van der Waals surface area contributed by atoms with Gasteiger partial charge in [-0.3, -0.25) is 14.4 Å². The smallest absolute Gasteiger partial charge is 0.268 e. The Labute approximate surface area is 168 Å². The fourth-order valence-corrected chi connectivity index (χ4v) is 4.36. The maximum atomic E-state index is 12.5. The van der Waals surface area contributed by atoms with Crippen LogP contribution in [0.5, 0.6) is 0 Å². The van der Waals surface area contributed by atoms with Crippen molar-refractivity contribution in [3.8, 4) is 0 Å². The Morgan fingerprint density at radius 1 is 0.964 bits per heavy atom. The molecule has 2 aromatic carbocycles. The Hall–Kier alpha value is -3.04. The van der Waals surface area contributed by atoms with Crippen molar-refractivity contribution in [3.63, 3.8) is 0 Å². The fraction of sp³-hybridized carbons (Fsp3) is 0.105. The van der Waals surface area contributed by atoms with E-state index in [9.17, 15) is 14.4 Å². The number of hydrogen-bond acceptors (Lipinski definition) is 7. The van der Waals surface area contributed by atoms with E-state index in [1.165, 1.54) is 11.8 Å². The van der Waals surface area contributed by atoms with Crippen molar-refractivity contribution in [2.45, 2.75) is 10.9 Å². The number of carbonyl (C=O) groups excluding carboxylic acids is 3. The number of hydrogen-bond donors (Lipinski definition) is 1. The molecule has 7 nitrogen and oxygen atoms in total. The maximum absolute atomic E-state index is 12.5. The first-order valence-electron chi connectivity index (χ1n) is 8.38. The molecule has 0 aliphatic carbocycles. The number of fused-ring (bicyclic) bond motifs is 1. The van der Waals surface area contributed by atoms with E-state index in [0.717, 1.165) is 21.8 Å². The minimum atomic E-state index is -0.408. The monoisotopic (exact) mass is 410 g/mol. The SMILES string of the molecule is O=C(CSc1nnc(N2C(=O)c3ccccc3C2=O)s1)NCc1ccccc1. The van der Waals surface area contributed by atoms with Gasteiger partial charge in [0, 0.05) is 6.54 Å². The van der Waals surface area contributed by atoms with Crippen LogP contribution < -0.4 is 10.2 Å². The van der Waals surface area contributed by atoms with Crippen molar-refractivity contribution in [1.82, 2.24) is 15.5 Å². The van der Waals surface area contributed by atoms with Gasteiger partial charge in [0.05, 0.1) is 16.9 Å². The lowest BCUT2D eigenvalue weighted by atomic mass is 10.1. The average Bonchev–Trinajstić information content (AvgIpc) is 3.29. The fourth-order valence-electron chi connectivity index (χ4n) is 2.69. The number of rotatable bonds is 6. The minimum absolute atomic E-state index is 0.133. The number of nitrogens with zero attached hydrogens (tertiary/aromatic N) is 3. The van der Waals surface area contributed by atoms with Crippen molar-refractivity contribution in [2.75, 3.05) is 10.7 Å². The van der Waals surface area contributed by atoms with E-state index in [4.69, 9.17) is 0 Å². The first-order valence-corrected chi connectivity index (χ1v) is 10.2. The molecule has 4 rings (SSSR count). The normalized spacial score (nSPS) is 12.9. The second-order valence-electron chi connectivity index (χ2n) is 5.89. The van der Waals surface area contributed by atoms with Gasteiger partial charge in [-0.2, -0.15) is 0 Å². The highest BCUT2D eigenvalue weighted by atomic mass is 32.2. The molecule has 0 radical (unpaired) electrons. The highest BCUT2D eigenvalue weighted by molar-refractivity contribution is 8.01. The Kier molecular flexibility index (Phi) is 5.18. The van der Waals surface area contributed by atoms with Crippen molar-refractivity contribution >= 4 is 46.0 Å². The molecule has 2 heterocycles. The Morgan fingerprint density at radius 3 is 2.29 bits per heavy atom. The van der Waals surface area contributed by atoms with E-state index >= 15 is 0 Å². The Bertz CT molecular complexity index is 1020. The third-order valence-corrected chi connectivity index (χ3v) is 6.08. The Balaban J connectivity index is 1.36. The zero-order valence-electron chi connectivity index (χ0n) is 14.5. The summed E-state index contributed by atoms with van der Waals surface area (Å²) in [6.07, 6.45) is 0. The van der Waals surface area contributed by atoms with Gasteiger partial charge in [-0.25, -0.2) is 4.90 Å². The predicted octanol–water partition coefficient (Wildman–Crippen LogP) is 2.75. The number of aromatic nitrogens is 2. The van der Waals surface area contributed by atoms with Crippen molar-refractivity contribution in [1.29, 1.82) is 0 Å². The molecule has 0 saturated carbocycles. The summed E-state index contributed by atoms with van der Waals surface area (Å²) in [7, 11) is 0. The molecule has 0 atom stereocenters. The third-order valence-electron chi connectivity index (χ3n) is 4.04. The number of benzene rings is 2. The molecule has 3 amide bonds. The van der Waals surface area contributed by atoms with Gasteiger partial charge in [0.25, 0.3) is 11.8 Å². The van der Waals surface area contributed by atoms with Gasteiger partial charge in [-0.15, -0.1) is 10.2 Å². The molecule has 1 aliphatic heterocycles. The largest absolute Gasteiger partial charge is 0.351 e. The van der Waals surface area contributed by atoms with Crippen LogP contribution in [0.4, 0.5) is 5.13 Å². The van der Waals surface area contributed by atoms with Gasteiger partial charge < -0.3 is 5.32 Å². The molecule has 1 N–H and O–H groups in total. The van der Waals surface area contributed by atoms with Crippen molar-refractivity contribution in [3.05, 3.63) is 71.3 Å². The highest BCUT2D eigenvalue weighted by Gasteiger charge is 2.38. The molecule has 0 unspecified atom stereocenters. The van der Waals surface area contributed by atoms with Crippen LogP contribution in [0.1, 0.15) is 26.3 Å². The summed E-state index contributed by atoms with van der Waals surface area (Å²) in [6, 6.07) is 16.3. The summed E-state index contributed by atoms with van der Waals surface area (Å²) in [5, 5.41) is 11.0. The Morgan fingerprint density at radius 2 is 1.61 bits per heavy atom. The van der Waals surface area contributed by atoms with Gasteiger partial charge in [0.15, 0.2) is 4.34 Å². The van der Waals surface area contributed by atoms with E-state index in [-0.39, 0.29) is 16.8 Å². The summed E-state index contributed by atoms with van der Waals surface area (Å²) >= 11 is 2.32. The summed E-state index contributed by atoms with van der Waals surface area (Å²) in [4.78, 5) is 38.0. The third kappa shape index (κ3) is 3.67. The van der Waals surface area contributed by atoms with Gasteiger partial charge in [0.2, 0.25) is 11.0 Å². The van der Waals surface area contributed by atoms with Crippen LogP contribution >= 0.6 is 23.1 Å². The number of nitrogens with one attached hydrogen (secondary N) is 1. The quantitative estimate of drug-likeness (QED) is 0.382. The standard InChI is InChI=1S/C19H14N4O3S2/c24-15(20-10-12-6-2-1-3-7-12)11-27-19-22-21-18(28-19)23-16(25)13-8-4-5-9-14(13)17(23)26/h1-9H,10-11H2,(H,20,24). The molecule has 0 spiro atoms. The molecule has 3 aromatic rings. The second-order valence-corrected chi connectivity index (χ2v) is 8.07. The molecule has 1 aliphatic rings. The van der Waals surface area contributed by atoms with Crippen LogP contribution in [-0.2, 0) is 11.3 Å². The first kappa shape index (κ1) is 18.3. The van der Waals surface area contributed by atoms with Gasteiger partial charge in [-0.05, 0) is 17.7 Å². The van der Waals surface area contributed by atoms with Crippen LogP contribution in [0.2, 0.25) is 0 Å². The lowest BCUT2D eigenvalue weighted by Gasteiger charge is -2.07. The van der Waals surface area contributed by atoms with Gasteiger partial charge in [0.1, 0.15) is 0 Å². The zero-order chi connectivity index (χ0) is 19.5. The van der Waals surface area contributed by atoms with Crippen LogP contribution in [0, 0.1) is 0 Å².